The number of likely N-dealkylation sites (tertiary alicyclic amines) is 1. The van der Waals surface area contributed by atoms with Gasteiger partial charge in [0.1, 0.15) is 0 Å². The Morgan fingerprint density at radius 3 is 2.83 bits per heavy atom. The number of hydrogen-bond donors (Lipinski definition) is 2. The SMILES string of the molecule is CCN1CCC(CNC(=O)C2(N)CCOCC2)C1. The molecule has 104 valence electrons. The van der Waals surface area contributed by atoms with Crippen molar-refractivity contribution in [3.05, 3.63) is 0 Å². The van der Waals surface area contributed by atoms with Crippen LogP contribution in [0.3, 0.4) is 0 Å². The molecule has 1 unspecified atom stereocenters. The first-order chi connectivity index (χ1) is 8.64. The van der Waals surface area contributed by atoms with Crippen molar-refractivity contribution in [2.75, 3.05) is 39.4 Å². The minimum atomic E-state index is -0.707. The molecule has 0 aromatic carbocycles. The van der Waals surface area contributed by atoms with Crippen LogP contribution in [0, 0.1) is 5.92 Å². The van der Waals surface area contributed by atoms with Crippen molar-refractivity contribution in [2.45, 2.75) is 31.7 Å². The fraction of sp³-hybridized carbons (Fsp3) is 0.923. The molecule has 5 heteroatoms. The molecule has 5 nitrogen and oxygen atoms in total. The molecule has 0 bridgehead atoms. The molecule has 0 aliphatic carbocycles. The van der Waals surface area contributed by atoms with E-state index in [0.29, 0.717) is 32.0 Å². The molecule has 2 heterocycles. The molecule has 0 radical (unpaired) electrons. The van der Waals surface area contributed by atoms with Crippen molar-refractivity contribution in [3.8, 4) is 0 Å². The van der Waals surface area contributed by atoms with E-state index in [0.717, 1.165) is 26.2 Å². The van der Waals surface area contributed by atoms with E-state index in [-0.39, 0.29) is 5.91 Å². The Balaban J connectivity index is 1.74. The van der Waals surface area contributed by atoms with E-state index in [4.69, 9.17) is 10.5 Å². The third kappa shape index (κ3) is 3.22. The van der Waals surface area contributed by atoms with Crippen molar-refractivity contribution in [2.24, 2.45) is 11.7 Å². The van der Waals surface area contributed by atoms with Crippen LogP contribution in [0.25, 0.3) is 0 Å². The maximum Gasteiger partial charge on any atom is 0.240 e. The zero-order valence-corrected chi connectivity index (χ0v) is 11.3. The minimum absolute atomic E-state index is 0.000693. The second kappa shape index (κ2) is 5.99. The predicted octanol–water partition coefficient (Wildman–Crippen LogP) is -0.0477. The van der Waals surface area contributed by atoms with E-state index in [2.05, 4.69) is 17.1 Å². The molecule has 2 rings (SSSR count). The molecule has 0 spiro atoms. The Hall–Kier alpha value is -0.650. The monoisotopic (exact) mass is 255 g/mol. The van der Waals surface area contributed by atoms with E-state index in [9.17, 15) is 4.79 Å². The lowest BCUT2D eigenvalue weighted by molar-refractivity contribution is -0.129. The molecule has 3 N–H and O–H groups in total. The van der Waals surface area contributed by atoms with Crippen molar-refractivity contribution >= 4 is 5.91 Å². The molecule has 2 aliphatic rings. The standard InChI is InChI=1S/C13H25N3O2/c1-2-16-6-3-11(10-16)9-15-12(17)13(14)4-7-18-8-5-13/h11H,2-10,14H2,1H3,(H,15,17). The van der Waals surface area contributed by atoms with Crippen molar-refractivity contribution in [1.29, 1.82) is 0 Å². The molecule has 2 aliphatic heterocycles. The first kappa shape index (κ1) is 13.8. The summed E-state index contributed by atoms with van der Waals surface area (Å²) in [6.07, 6.45) is 2.43. The Kier molecular flexibility index (Phi) is 4.59. The van der Waals surface area contributed by atoms with E-state index < -0.39 is 5.54 Å². The van der Waals surface area contributed by atoms with Gasteiger partial charge >= 0.3 is 0 Å². The van der Waals surface area contributed by atoms with Crippen LogP contribution in [0.5, 0.6) is 0 Å². The highest BCUT2D eigenvalue weighted by Gasteiger charge is 2.36. The normalized spacial score (nSPS) is 28.2. The minimum Gasteiger partial charge on any atom is -0.381 e. The van der Waals surface area contributed by atoms with Crippen LogP contribution in [0.2, 0.25) is 0 Å². The van der Waals surface area contributed by atoms with Gasteiger partial charge in [0.15, 0.2) is 0 Å². The van der Waals surface area contributed by atoms with E-state index >= 15 is 0 Å². The Labute approximate surface area is 109 Å². The number of rotatable bonds is 4. The maximum absolute atomic E-state index is 12.1. The Morgan fingerprint density at radius 2 is 2.22 bits per heavy atom. The van der Waals surface area contributed by atoms with Crippen LogP contribution in [-0.4, -0.2) is 55.7 Å². The highest BCUT2D eigenvalue weighted by atomic mass is 16.5. The quantitative estimate of drug-likeness (QED) is 0.739. The smallest absolute Gasteiger partial charge is 0.240 e. The molecule has 2 saturated heterocycles. The summed E-state index contributed by atoms with van der Waals surface area (Å²) in [7, 11) is 0. The van der Waals surface area contributed by atoms with Crippen molar-refractivity contribution in [3.63, 3.8) is 0 Å². The van der Waals surface area contributed by atoms with Gasteiger partial charge in [0.2, 0.25) is 5.91 Å². The van der Waals surface area contributed by atoms with Crippen LogP contribution < -0.4 is 11.1 Å². The summed E-state index contributed by atoms with van der Waals surface area (Å²) in [5, 5.41) is 3.03. The van der Waals surface area contributed by atoms with Gasteiger partial charge in [0.25, 0.3) is 0 Å². The number of nitrogens with one attached hydrogen (secondary N) is 1. The average molecular weight is 255 g/mol. The summed E-state index contributed by atoms with van der Waals surface area (Å²) in [5.74, 6) is 0.582. The molecular weight excluding hydrogens is 230 g/mol. The third-order valence-corrected chi connectivity index (χ3v) is 4.21. The van der Waals surface area contributed by atoms with Gasteiger partial charge in [-0.1, -0.05) is 6.92 Å². The number of nitrogens with zero attached hydrogens (tertiary/aromatic N) is 1. The highest BCUT2D eigenvalue weighted by Crippen LogP contribution is 2.19. The summed E-state index contributed by atoms with van der Waals surface area (Å²) >= 11 is 0. The van der Waals surface area contributed by atoms with Gasteiger partial charge in [-0.3, -0.25) is 4.79 Å². The zero-order valence-electron chi connectivity index (χ0n) is 11.3. The lowest BCUT2D eigenvalue weighted by atomic mass is 9.90. The largest absolute Gasteiger partial charge is 0.381 e. The van der Waals surface area contributed by atoms with Gasteiger partial charge in [-0.05, 0) is 38.3 Å². The molecule has 1 atom stereocenters. The average Bonchev–Trinajstić information content (AvgIpc) is 2.84. The van der Waals surface area contributed by atoms with Crippen LogP contribution in [0.4, 0.5) is 0 Å². The molecule has 0 aromatic heterocycles. The Bertz CT molecular complexity index is 290. The lowest BCUT2D eigenvalue weighted by Gasteiger charge is -2.32. The summed E-state index contributed by atoms with van der Waals surface area (Å²) in [4.78, 5) is 14.5. The second-order valence-corrected chi connectivity index (χ2v) is 5.53. The number of carbonyl (C=O) groups is 1. The number of nitrogens with two attached hydrogens (primary N) is 1. The fourth-order valence-electron chi connectivity index (χ4n) is 2.74. The topological polar surface area (TPSA) is 67.6 Å². The number of carbonyl (C=O) groups excluding carboxylic acids is 1. The number of ether oxygens (including phenoxy) is 1. The van der Waals surface area contributed by atoms with Gasteiger partial charge in [0.05, 0.1) is 5.54 Å². The molecular formula is C13H25N3O2. The van der Waals surface area contributed by atoms with Crippen molar-refractivity contribution in [1.82, 2.24) is 10.2 Å². The van der Waals surface area contributed by atoms with Crippen LogP contribution in [0.1, 0.15) is 26.2 Å². The van der Waals surface area contributed by atoms with Gasteiger partial charge in [0, 0.05) is 26.3 Å². The van der Waals surface area contributed by atoms with Crippen LogP contribution in [-0.2, 0) is 9.53 Å². The summed E-state index contributed by atoms with van der Waals surface area (Å²) in [6, 6.07) is 0. The van der Waals surface area contributed by atoms with Gasteiger partial charge in [-0.15, -0.1) is 0 Å². The number of amides is 1. The van der Waals surface area contributed by atoms with Gasteiger partial charge in [-0.25, -0.2) is 0 Å². The summed E-state index contributed by atoms with van der Waals surface area (Å²) < 4.78 is 5.25. The first-order valence-electron chi connectivity index (χ1n) is 7.01. The van der Waals surface area contributed by atoms with Crippen LogP contribution in [0.15, 0.2) is 0 Å². The number of hydrogen-bond acceptors (Lipinski definition) is 4. The van der Waals surface area contributed by atoms with Gasteiger partial charge < -0.3 is 20.7 Å². The second-order valence-electron chi connectivity index (χ2n) is 5.53. The van der Waals surface area contributed by atoms with Crippen LogP contribution >= 0.6 is 0 Å². The molecule has 0 saturated carbocycles. The third-order valence-electron chi connectivity index (χ3n) is 4.21. The van der Waals surface area contributed by atoms with E-state index in [1.54, 1.807) is 0 Å². The van der Waals surface area contributed by atoms with Crippen molar-refractivity contribution < 1.29 is 9.53 Å². The molecule has 0 aromatic rings. The van der Waals surface area contributed by atoms with Gasteiger partial charge in [-0.2, -0.15) is 0 Å². The summed E-state index contributed by atoms with van der Waals surface area (Å²) in [6.45, 7) is 7.47. The molecule has 1 amide bonds. The lowest BCUT2D eigenvalue weighted by Crippen LogP contribution is -2.57. The van der Waals surface area contributed by atoms with E-state index in [1.165, 1.54) is 6.42 Å². The maximum atomic E-state index is 12.1. The predicted molar refractivity (Wildman–Crippen MR) is 70.2 cm³/mol. The highest BCUT2D eigenvalue weighted by molar-refractivity contribution is 5.86. The summed E-state index contributed by atoms with van der Waals surface area (Å²) in [5.41, 5.74) is 5.43. The molecule has 18 heavy (non-hydrogen) atoms. The first-order valence-corrected chi connectivity index (χ1v) is 7.01. The van der Waals surface area contributed by atoms with E-state index in [1.807, 2.05) is 0 Å². The fourth-order valence-corrected chi connectivity index (χ4v) is 2.74. The zero-order chi connectivity index (χ0) is 13.0. The molecule has 2 fully saturated rings. The Morgan fingerprint density at radius 1 is 1.50 bits per heavy atom.